The van der Waals surface area contributed by atoms with Crippen LogP contribution in [0.3, 0.4) is 0 Å². The van der Waals surface area contributed by atoms with Gasteiger partial charge in [-0.05, 0) is 30.5 Å². The predicted octanol–water partition coefficient (Wildman–Crippen LogP) is 2.82. The Morgan fingerprint density at radius 1 is 1.07 bits per heavy atom. The van der Waals surface area contributed by atoms with Crippen molar-refractivity contribution in [2.75, 3.05) is 38.1 Å². The third-order valence-corrected chi connectivity index (χ3v) is 6.50. The molecule has 2 aromatic rings. The molecule has 0 bridgehead atoms. The molecular weight excluding hydrogens is 348 g/mol. The van der Waals surface area contributed by atoms with E-state index in [0.29, 0.717) is 6.54 Å². The number of carbonyl (C=O) groups is 1. The van der Waals surface area contributed by atoms with E-state index in [4.69, 9.17) is 0 Å². The highest BCUT2D eigenvalue weighted by molar-refractivity contribution is 5.93. The van der Waals surface area contributed by atoms with Crippen molar-refractivity contribution in [3.8, 4) is 0 Å². The maximum atomic E-state index is 13.3. The first-order valence-corrected chi connectivity index (χ1v) is 10.2. The minimum absolute atomic E-state index is 0.0202. The molecule has 5 heteroatoms. The number of nitrogens with one attached hydrogen (secondary N) is 1. The molecule has 1 aliphatic heterocycles. The number of hydrogen-bond acceptors (Lipinski definition) is 4. The van der Waals surface area contributed by atoms with Crippen LogP contribution in [0.25, 0.3) is 0 Å². The standard InChI is InChI=1S/C23H30N4O/c1-22(2)17-23(22,19-9-5-4-6-10-19)21(28)25-16-18-8-7-11-24-20(18)27-14-12-26(3)13-15-27/h4-11H,12-17H2,1-3H3,(H,25,28)/t23-/m0/s1. The normalized spacial score (nSPS) is 24.0. The first-order chi connectivity index (χ1) is 13.4. The van der Waals surface area contributed by atoms with Crippen molar-refractivity contribution >= 4 is 11.7 Å². The molecule has 28 heavy (non-hydrogen) atoms. The molecule has 1 aromatic carbocycles. The zero-order valence-corrected chi connectivity index (χ0v) is 17.1. The molecule has 1 aliphatic carbocycles. The van der Waals surface area contributed by atoms with Gasteiger partial charge in [0.25, 0.3) is 0 Å². The van der Waals surface area contributed by atoms with Crippen LogP contribution in [-0.2, 0) is 16.8 Å². The summed E-state index contributed by atoms with van der Waals surface area (Å²) in [5, 5.41) is 3.23. The smallest absolute Gasteiger partial charge is 0.231 e. The summed E-state index contributed by atoms with van der Waals surface area (Å²) in [6.07, 6.45) is 2.72. The summed E-state index contributed by atoms with van der Waals surface area (Å²) in [7, 11) is 2.15. The molecule has 1 atom stereocenters. The van der Waals surface area contributed by atoms with Gasteiger partial charge in [-0.25, -0.2) is 4.98 Å². The van der Waals surface area contributed by atoms with Crippen molar-refractivity contribution < 1.29 is 4.79 Å². The molecule has 4 rings (SSSR count). The predicted molar refractivity (Wildman–Crippen MR) is 112 cm³/mol. The van der Waals surface area contributed by atoms with Crippen LogP contribution in [0, 0.1) is 5.41 Å². The number of aromatic nitrogens is 1. The van der Waals surface area contributed by atoms with E-state index < -0.39 is 5.41 Å². The molecule has 1 saturated carbocycles. The Bertz CT molecular complexity index is 843. The second kappa shape index (κ2) is 7.21. The number of rotatable bonds is 5. The highest BCUT2D eigenvalue weighted by Gasteiger charge is 2.66. The van der Waals surface area contributed by atoms with Crippen LogP contribution < -0.4 is 10.2 Å². The Hall–Kier alpha value is -2.40. The van der Waals surface area contributed by atoms with E-state index >= 15 is 0 Å². The molecule has 1 aromatic heterocycles. The number of amides is 1. The van der Waals surface area contributed by atoms with Crippen LogP contribution in [0.15, 0.2) is 48.7 Å². The maximum absolute atomic E-state index is 13.3. The zero-order chi connectivity index (χ0) is 19.8. The van der Waals surface area contributed by atoms with Gasteiger partial charge in [-0.2, -0.15) is 0 Å². The molecule has 2 aliphatic rings. The van der Waals surface area contributed by atoms with Crippen LogP contribution >= 0.6 is 0 Å². The SMILES string of the molecule is CN1CCN(c2ncccc2CNC(=O)[C@@]2(c3ccccc3)CC2(C)C)CC1. The van der Waals surface area contributed by atoms with Crippen molar-refractivity contribution in [3.63, 3.8) is 0 Å². The maximum Gasteiger partial charge on any atom is 0.231 e. The zero-order valence-electron chi connectivity index (χ0n) is 17.1. The first-order valence-electron chi connectivity index (χ1n) is 10.2. The van der Waals surface area contributed by atoms with E-state index in [9.17, 15) is 4.79 Å². The molecule has 148 valence electrons. The molecule has 0 unspecified atom stereocenters. The second-order valence-corrected chi connectivity index (χ2v) is 8.79. The van der Waals surface area contributed by atoms with Crippen LogP contribution in [0.2, 0.25) is 0 Å². The monoisotopic (exact) mass is 378 g/mol. The average molecular weight is 379 g/mol. The Labute approximate surface area is 167 Å². The van der Waals surface area contributed by atoms with Crippen molar-refractivity contribution in [2.45, 2.75) is 32.2 Å². The summed E-state index contributed by atoms with van der Waals surface area (Å²) in [4.78, 5) is 22.6. The van der Waals surface area contributed by atoms with E-state index in [0.717, 1.165) is 49.5 Å². The lowest BCUT2D eigenvalue weighted by molar-refractivity contribution is -0.124. The van der Waals surface area contributed by atoms with Crippen molar-refractivity contribution in [1.82, 2.24) is 15.2 Å². The van der Waals surface area contributed by atoms with Gasteiger partial charge in [0.2, 0.25) is 5.91 Å². The average Bonchev–Trinajstić information content (AvgIpc) is 3.31. The van der Waals surface area contributed by atoms with Crippen LogP contribution in [0.5, 0.6) is 0 Å². The van der Waals surface area contributed by atoms with Gasteiger partial charge in [-0.3, -0.25) is 4.79 Å². The van der Waals surface area contributed by atoms with Gasteiger partial charge in [0, 0.05) is 44.5 Å². The fourth-order valence-electron chi connectivity index (χ4n) is 4.55. The van der Waals surface area contributed by atoms with Gasteiger partial charge in [0.1, 0.15) is 5.82 Å². The molecule has 2 heterocycles. The van der Waals surface area contributed by atoms with Crippen molar-refractivity contribution in [2.24, 2.45) is 5.41 Å². The lowest BCUT2D eigenvalue weighted by Gasteiger charge is -2.34. The van der Waals surface area contributed by atoms with E-state index in [-0.39, 0.29) is 11.3 Å². The number of piperazine rings is 1. The lowest BCUT2D eigenvalue weighted by Crippen LogP contribution is -2.45. The van der Waals surface area contributed by atoms with E-state index in [1.807, 2.05) is 30.5 Å². The Kier molecular flexibility index (Phi) is 4.88. The number of nitrogens with zero attached hydrogens (tertiary/aromatic N) is 3. The highest BCUT2D eigenvalue weighted by atomic mass is 16.2. The molecule has 5 nitrogen and oxygen atoms in total. The Morgan fingerprint density at radius 3 is 2.39 bits per heavy atom. The number of anilines is 1. The Balaban J connectivity index is 1.50. The molecule has 0 radical (unpaired) electrons. The molecule has 0 spiro atoms. The third kappa shape index (κ3) is 3.28. The topological polar surface area (TPSA) is 48.5 Å². The minimum atomic E-state index is -0.426. The van der Waals surface area contributed by atoms with Crippen molar-refractivity contribution in [3.05, 3.63) is 59.8 Å². The van der Waals surface area contributed by atoms with Gasteiger partial charge >= 0.3 is 0 Å². The van der Waals surface area contributed by atoms with Crippen LogP contribution in [0.4, 0.5) is 5.82 Å². The summed E-state index contributed by atoms with van der Waals surface area (Å²) in [5.41, 5.74) is 1.75. The summed E-state index contributed by atoms with van der Waals surface area (Å²) in [5.74, 6) is 1.12. The lowest BCUT2D eigenvalue weighted by atomic mass is 9.87. The molecule has 1 N–H and O–H groups in total. The number of likely N-dealkylation sites (N-methyl/N-ethyl adjacent to an activating group) is 1. The Morgan fingerprint density at radius 2 is 1.75 bits per heavy atom. The summed E-state index contributed by atoms with van der Waals surface area (Å²) in [6, 6.07) is 14.2. The third-order valence-electron chi connectivity index (χ3n) is 6.50. The molecule has 2 fully saturated rings. The van der Waals surface area contributed by atoms with Gasteiger partial charge in [0.05, 0.1) is 5.41 Å². The fourth-order valence-corrected chi connectivity index (χ4v) is 4.55. The highest BCUT2D eigenvalue weighted by Crippen LogP contribution is 2.64. The summed E-state index contributed by atoms with van der Waals surface area (Å²) in [6.45, 7) is 8.88. The van der Waals surface area contributed by atoms with Gasteiger partial charge < -0.3 is 15.1 Å². The minimum Gasteiger partial charge on any atom is -0.354 e. The number of pyridine rings is 1. The largest absolute Gasteiger partial charge is 0.354 e. The second-order valence-electron chi connectivity index (χ2n) is 8.79. The number of carbonyl (C=O) groups excluding carboxylic acids is 1. The van der Waals surface area contributed by atoms with Gasteiger partial charge in [-0.15, -0.1) is 0 Å². The number of hydrogen-bond donors (Lipinski definition) is 1. The molecule has 1 amide bonds. The molecule has 1 saturated heterocycles. The van der Waals surface area contributed by atoms with Crippen LogP contribution in [0.1, 0.15) is 31.4 Å². The quantitative estimate of drug-likeness (QED) is 0.869. The van der Waals surface area contributed by atoms with E-state index in [2.05, 4.69) is 59.2 Å². The molecular formula is C23H30N4O. The van der Waals surface area contributed by atoms with Gasteiger partial charge in [-0.1, -0.05) is 50.2 Å². The van der Waals surface area contributed by atoms with E-state index in [1.165, 1.54) is 0 Å². The van der Waals surface area contributed by atoms with Crippen LogP contribution in [-0.4, -0.2) is 49.0 Å². The summed E-state index contributed by atoms with van der Waals surface area (Å²) < 4.78 is 0. The summed E-state index contributed by atoms with van der Waals surface area (Å²) >= 11 is 0. The first kappa shape index (κ1) is 18.9. The van der Waals surface area contributed by atoms with E-state index in [1.54, 1.807) is 0 Å². The van der Waals surface area contributed by atoms with Crippen molar-refractivity contribution in [1.29, 1.82) is 0 Å². The van der Waals surface area contributed by atoms with Gasteiger partial charge in [0.15, 0.2) is 0 Å². The number of benzene rings is 1. The fraction of sp³-hybridized carbons (Fsp3) is 0.478.